The van der Waals surface area contributed by atoms with Gasteiger partial charge in [0.2, 0.25) is 0 Å². The Hall–Kier alpha value is -1.22. The van der Waals surface area contributed by atoms with Crippen molar-refractivity contribution in [3.63, 3.8) is 0 Å². The minimum Gasteiger partial charge on any atom is -0.397 e. The van der Waals surface area contributed by atoms with Gasteiger partial charge in [-0.15, -0.1) is 0 Å². The van der Waals surface area contributed by atoms with Gasteiger partial charge in [-0.05, 0) is 38.2 Å². The van der Waals surface area contributed by atoms with Gasteiger partial charge in [-0.25, -0.2) is 0 Å². The van der Waals surface area contributed by atoms with Crippen LogP contribution in [0.1, 0.15) is 12.5 Å². The van der Waals surface area contributed by atoms with Gasteiger partial charge < -0.3 is 15.5 Å². The monoisotopic (exact) mass is 221 g/mol. The van der Waals surface area contributed by atoms with E-state index < -0.39 is 0 Å². The molecule has 1 aromatic rings. The molecule has 1 aromatic carbocycles. The normalized spacial score (nSPS) is 10.8. The molecular formula is C13H23N3. The van der Waals surface area contributed by atoms with Crippen LogP contribution in [0.3, 0.4) is 0 Å². The van der Waals surface area contributed by atoms with Crippen LogP contribution in [0.5, 0.6) is 0 Å². The third-order valence-electron chi connectivity index (χ3n) is 2.79. The van der Waals surface area contributed by atoms with Crippen molar-refractivity contribution in [2.45, 2.75) is 13.3 Å². The van der Waals surface area contributed by atoms with Crippen LogP contribution < -0.4 is 10.6 Å². The molecule has 0 spiro atoms. The number of hydrogen-bond acceptors (Lipinski definition) is 3. The summed E-state index contributed by atoms with van der Waals surface area (Å²) in [5, 5.41) is 0. The highest BCUT2D eigenvalue weighted by atomic mass is 15.2. The van der Waals surface area contributed by atoms with Crippen molar-refractivity contribution in [3.8, 4) is 0 Å². The Bertz CT molecular complexity index is 334. The summed E-state index contributed by atoms with van der Waals surface area (Å²) in [7, 11) is 6.25. The van der Waals surface area contributed by atoms with Gasteiger partial charge in [0.05, 0.1) is 11.4 Å². The fraction of sp³-hybridized carbons (Fsp3) is 0.538. The van der Waals surface area contributed by atoms with Crippen LogP contribution in [0.15, 0.2) is 18.2 Å². The third-order valence-corrected chi connectivity index (χ3v) is 2.79. The number of nitrogen functional groups attached to an aromatic ring is 1. The molecule has 1 rings (SSSR count). The van der Waals surface area contributed by atoms with Crippen LogP contribution in [0.4, 0.5) is 11.4 Å². The third kappa shape index (κ3) is 3.42. The van der Waals surface area contributed by atoms with E-state index in [0.29, 0.717) is 0 Å². The first-order valence-electron chi connectivity index (χ1n) is 5.79. The van der Waals surface area contributed by atoms with E-state index >= 15 is 0 Å². The first kappa shape index (κ1) is 12.8. The fourth-order valence-electron chi connectivity index (χ4n) is 1.64. The smallest absolute Gasteiger partial charge is 0.0597 e. The minimum absolute atomic E-state index is 0.876. The summed E-state index contributed by atoms with van der Waals surface area (Å²) in [4.78, 5) is 4.38. The Labute approximate surface area is 98.8 Å². The lowest BCUT2D eigenvalue weighted by Gasteiger charge is -2.23. The maximum absolute atomic E-state index is 6.05. The van der Waals surface area contributed by atoms with Crippen LogP contribution in [-0.2, 0) is 6.42 Å². The Morgan fingerprint density at radius 3 is 2.31 bits per heavy atom. The minimum atomic E-state index is 0.876. The molecule has 0 atom stereocenters. The number of likely N-dealkylation sites (N-methyl/N-ethyl adjacent to an activating group) is 2. The van der Waals surface area contributed by atoms with Crippen molar-refractivity contribution < 1.29 is 0 Å². The highest BCUT2D eigenvalue weighted by Crippen LogP contribution is 2.23. The lowest BCUT2D eigenvalue weighted by Crippen LogP contribution is -2.28. The van der Waals surface area contributed by atoms with Gasteiger partial charge in [0.15, 0.2) is 0 Å². The van der Waals surface area contributed by atoms with Crippen molar-refractivity contribution in [1.29, 1.82) is 0 Å². The average Bonchev–Trinajstić information content (AvgIpc) is 2.25. The molecule has 0 radical (unpaired) electrons. The van der Waals surface area contributed by atoms with E-state index in [2.05, 4.69) is 56.1 Å². The topological polar surface area (TPSA) is 32.5 Å². The lowest BCUT2D eigenvalue weighted by atomic mass is 10.1. The zero-order chi connectivity index (χ0) is 12.1. The van der Waals surface area contributed by atoms with Gasteiger partial charge in [-0.3, -0.25) is 0 Å². The average molecular weight is 221 g/mol. The van der Waals surface area contributed by atoms with Gasteiger partial charge >= 0.3 is 0 Å². The highest BCUT2D eigenvalue weighted by Gasteiger charge is 2.05. The molecule has 0 amide bonds. The van der Waals surface area contributed by atoms with Crippen molar-refractivity contribution in [2.75, 3.05) is 44.9 Å². The van der Waals surface area contributed by atoms with Crippen molar-refractivity contribution in [1.82, 2.24) is 4.90 Å². The number of nitrogens with zero attached hydrogens (tertiary/aromatic N) is 2. The second kappa shape index (κ2) is 5.75. The molecule has 3 nitrogen and oxygen atoms in total. The summed E-state index contributed by atoms with van der Waals surface area (Å²) in [6.45, 7) is 4.17. The molecule has 0 heterocycles. The van der Waals surface area contributed by atoms with E-state index in [1.165, 1.54) is 5.56 Å². The Kier molecular flexibility index (Phi) is 4.62. The number of benzene rings is 1. The maximum atomic E-state index is 6.05. The first-order chi connectivity index (χ1) is 7.54. The Morgan fingerprint density at radius 1 is 1.12 bits per heavy atom. The molecule has 3 heteroatoms. The molecule has 0 aromatic heterocycles. The van der Waals surface area contributed by atoms with Gasteiger partial charge in [0, 0.05) is 20.1 Å². The molecule has 0 bridgehead atoms. The van der Waals surface area contributed by atoms with E-state index in [-0.39, 0.29) is 0 Å². The zero-order valence-corrected chi connectivity index (χ0v) is 10.8. The van der Waals surface area contributed by atoms with Crippen LogP contribution in [0.25, 0.3) is 0 Å². The van der Waals surface area contributed by atoms with Crippen molar-refractivity contribution in [3.05, 3.63) is 23.8 Å². The number of nitrogens with two attached hydrogens (primary N) is 1. The largest absolute Gasteiger partial charge is 0.397 e. The van der Waals surface area contributed by atoms with Crippen LogP contribution >= 0.6 is 0 Å². The summed E-state index contributed by atoms with van der Waals surface area (Å²) in [6.07, 6.45) is 1.03. The molecule has 0 fully saturated rings. The first-order valence-corrected chi connectivity index (χ1v) is 5.79. The predicted octanol–water partition coefficient (Wildman–Crippen LogP) is 1.83. The lowest BCUT2D eigenvalue weighted by molar-refractivity contribution is 0.416. The molecule has 0 aliphatic carbocycles. The van der Waals surface area contributed by atoms with Gasteiger partial charge in [-0.2, -0.15) is 0 Å². The predicted molar refractivity (Wildman–Crippen MR) is 72.1 cm³/mol. The quantitative estimate of drug-likeness (QED) is 0.770. The SMILES string of the molecule is CCc1ccc(N(C)CCN(C)C)c(N)c1. The molecule has 90 valence electrons. The van der Waals surface area contributed by atoms with E-state index in [1.54, 1.807) is 0 Å². The van der Waals surface area contributed by atoms with Crippen LogP contribution in [0, 0.1) is 0 Å². The molecule has 2 N–H and O–H groups in total. The molecule has 16 heavy (non-hydrogen) atoms. The summed E-state index contributed by atoms with van der Waals surface area (Å²) >= 11 is 0. The Morgan fingerprint density at radius 2 is 1.81 bits per heavy atom. The van der Waals surface area contributed by atoms with Crippen LogP contribution in [0.2, 0.25) is 0 Å². The number of aryl methyl sites for hydroxylation is 1. The molecule has 0 unspecified atom stereocenters. The van der Waals surface area contributed by atoms with Crippen molar-refractivity contribution >= 4 is 11.4 Å². The number of rotatable bonds is 5. The standard InChI is InChI=1S/C13H23N3/c1-5-11-6-7-13(12(14)10-11)16(4)9-8-15(2)3/h6-7,10H,5,8-9,14H2,1-4H3. The van der Waals surface area contributed by atoms with Gasteiger partial charge in [-0.1, -0.05) is 13.0 Å². The summed E-state index contributed by atoms with van der Waals surface area (Å²) in [5.74, 6) is 0. The number of anilines is 2. The van der Waals surface area contributed by atoms with Gasteiger partial charge in [0.25, 0.3) is 0 Å². The highest BCUT2D eigenvalue weighted by molar-refractivity contribution is 5.68. The van der Waals surface area contributed by atoms with E-state index in [9.17, 15) is 0 Å². The molecule has 0 saturated carbocycles. The fourth-order valence-corrected chi connectivity index (χ4v) is 1.64. The summed E-state index contributed by atoms with van der Waals surface area (Å²) in [6, 6.07) is 6.34. The van der Waals surface area contributed by atoms with E-state index in [4.69, 9.17) is 5.73 Å². The molecule has 0 aliphatic rings. The second-order valence-electron chi connectivity index (χ2n) is 4.47. The second-order valence-corrected chi connectivity index (χ2v) is 4.47. The summed E-state index contributed by atoms with van der Waals surface area (Å²) in [5.41, 5.74) is 9.34. The molecular weight excluding hydrogens is 198 g/mol. The van der Waals surface area contributed by atoms with Crippen LogP contribution in [-0.4, -0.2) is 39.1 Å². The van der Waals surface area contributed by atoms with E-state index in [1.807, 2.05) is 0 Å². The maximum Gasteiger partial charge on any atom is 0.0597 e. The van der Waals surface area contributed by atoms with E-state index in [0.717, 1.165) is 30.9 Å². The number of hydrogen-bond donors (Lipinski definition) is 1. The van der Waals surface area contributed by atoms with Gasteiger partial charge in [0.1, 0.15) is 0 Å². The molecule has 0 saturated heterocycles. The summed E-state index contributed by atoms with van der Waals surface area (Å²) < 4.78 is 0. The van der Waals surface area contributed by atoms with Crippen molar-refractivity contribution in [2.24, 2.45) is 0 Å². The zero-order valence-electron chi connectivity index (χ0n) is 10.8. The Balaban J connectivity index is 2.71. The molecule has 0 aliphatic heterocycles.